The molecule has 0 spiro atoms. The van der Waals surface area contributed by atoms with E-state index in [1.807, 2.05) is 12.1 Å². The topological polar surface area (TPSA) is 64.0 Å². The van der Waals surface area contributed by atoms with Gasteiger partial charge in [0.05, 0.1) is 5.75 Å². The summed E-state index contributed by atoms with van der Waals surface area (Å²) in [6.45, 7) is 5.12. The number of aryl methyl sites for hydroxylation is 1. The fraction of sp³-hybridized carbons (Fsp3) is 0.500. The minimum absolute atomic E-state index is 0.117. The molecule has 0 aliphatic heterocycles. The van der Waals surface area contributed by atoms with Crippen LogP contribution in [0.1, 0.15) is 25.8 Å². The fourth-order valence-corrected chi connectivity index (χ4v) is 2.87. The lowest BCUT2D eigenvalue weighted by molar-refractivity contribution is 0.583. The zero-order valence-electron chi connectivity index (χ0n) is 12.0. The first-order valence-electron chi connectivity index (χ1n) is 6.97. The van der Waals surface area contributed by atoms with Crippen LogP contribution in [0, 0.1) is 0 Å². The van der Waals surface area contributed by atoms with Crippen LogP contribution in [-0.4, -0.2) is 30.3 Å². The second-order valence-electron chi connectivity index (χ2n) is 4.77. The molecule has 0 amide bonds. The summed E-state index contributed by atoms with van der Waals surface area (Å²) >= 11 is 0. The van der Waals surface area contributed by atoms with Crippen LogP contribution in [0.3, 0.4) is 0 Å². The van der Waals surface area contributed by atoms with E-state index in [0.717, 1.165) is 29.6 Å². The third-order valence-corrected chi connectivity index (χ3v) is 4.68. The highest BCUT2D eigenvalue weighted by molar-refractivity contribution is 7.89. The number of pyridine rings is 1. The van der Waals surface area contributed by atoms with Crippen molar-refractivity contribution in [3.8, 4) is 0 Å². The van der Waals surface area contributed by atoms with Crippen molar-refractivity contribution < 1.29 is 8.42 Å². The Balaban J connectivity index is 2.18. The third-order valence-electron chi connectivity index (χ3n) is 3.28. The highest BCUT2D eigenvalue weighted by atomic mass is 32.2. The van der Waals surface area contributed by atoms with E-state index >= 15 is 0 Å². The molecule has 2 aromatic heterocycles. The maximum atomic E-state index is 11.4. The summed E-state index contributed by atoms with van der Waals surface area (Å²) in [7, 11) is -3.12. The Morgan fingerprint density at radius 1 is 1.35 bits per heavy atom. The predicted octanol–water partition coefficient (Wildman–Crippen LogP) is 1.93. The van der Waals surface area contributed by atoms with Crippen LogP contribution >= 0.6 is 0 Å². The number of rotatable bonds is 7. The van der Waals surface area contributed by atoms with E-state index in [-0.39, 0.29) is 5.75 Å². The second-order valence-corrected chi connectivity index (χ2v) is 6.87. The maximum Gasteiger partial charge on any atom is 0.211 e. The van der Waals surface area contributed by atoms with Crippen molar-refractivity contribution in [1.29, 1.82) is 0 Å². The molecule has 1 N–H and O–H groups in total. The Labute approximate surface area is 120 Å². The molecule has 6 heteroatoms. The number of nitrogens with one attached hydrogen (secondary N) is 1. The van der Waals surface area contributed by atoms with Crippen molar-refractivity contribution in [2.45, 2.75) is 33.2 Å². The van der Waals surface area contributed by atoms with E-state index < -0.39 is 10.0 Å². The molecule has 0 saturated carbocycles. The van der Waals surface area contributed by atoms with Gasteiger partial charge in [-0.1, -0.05) is 6.92 Å². The van der Waals surface area contributed by atoms with Gasteiger partial charge in [0, 0.05) is 30.9 Å². The van der Waals surface area contributed by atoms with Gasteiger partial charge in [-0.2, -0.15) is 0 Å². The van der Waals surface area contributed by atoms with Crippen LogP contribution in [0.4, 0.5) is 0 Å². The normalized spacial score (nSPS) is 12.1. The molecule has 2 heterocycles. The van der Waals surface area contributed by atoms with Gasteiger partial charge in [-0.15, -0.1) is 0 Å². The summed E-state index contributed by atoms with van der Waals surface area (Å²) in [4.78, 5) is 4.42. The summed E-state index contributed by atoms with van der Waals surface area (Å²) in [6, 6.07) is 3.95. The van der Waals surface area contributed by atoms with Gasteiger partial charge in [0.25, 0.3) is 0 Å². The number of hydrogen-bond donors (Lipinski definition) is 1. The van der Waals surface area contributed by atoms with E-state index in [4.69, 9.17) is 0 Å². The van der Waals surface area contributed by atoms with Crippen LogP contribution in [0.5, 0.6) is 0 Å². The first-order chi connectivity index (χ1) is 9.57. The highest BCUT2D eigenvalue weighted by Gasteiger charge is 2.10. The van der Waals surface area contributed by atoms with Crippen molar-refractivity contribution >= 4 is 21.1 Å². The fourth-order valence-electron chi connectivity index (χ4n) is 2.25. The van der Waals surface area contributed by atoms with Crippen molar-refractivity contribution in [3.63, 3.8) is 0 Å². The molecular weight excluding hydrogens is 274 g/mol. The summed E-state index contributed by atoms with van der Waals surface area (Å²) in [5.41, 5.74) is 2.11. The summed E-state index contributed by atoms with van der Waals surface area (Å²) in [6.07, 6.45) is 5.60. The molecule has 0 unspecified atom stereocenters. The highest BCUT2D eigenvalue weighted by Crippen LogP contribution is 2.20. The van der Waals surface area contributed by atoms with E-state index in [9.17, 15) is 8.42 Å². The molecule has 2 rings (SSSR count). The number of sulfonamides is 1. The lowest BCUT2D eigenvalue weighted by atomic mass is 10.2. The molecule has 0 radical (unpaired) electrons. The van der Waals surface area contributed by atoms with Crippen LogP contribution in [0.2, 0.25) is 0 Å². The zero-order valence-corrected chi connectivity index (χ0v) is 12.8. The van der Waals surface area contributed by atoms with Crippen LogP contribution in [-0.2, 0) is 23.0 Å². The summed E-state index contributed by atoms with van der Waals surface area (Å²) < 4.78 is 27.6. The smallest absolute Gasteiger partial charge is 0.211 e. The van der Waals surface area contributed by atoms with E-state index in [1.165, 1.54) is 0 Å². The quantitative estimate of drug-likeness (QED) is 0.849. The Morgan fingerprint density at radius 2 is 2.15 bits per heavy atom. The Morgan fingerprint density at radius 3 is 2.85 bits per heavy atom. The van der Waals surface area contributed by atoms with Gasteiger partial charge >= 0.3 is 0 Å². The Hall–Kier alpha value is -1.40. The van der Waals surface area contributed by atoms with Crippen molar-refractivity contribution in [1.82, 2.24) is 14.3 Å². The molecule has 20 heavy (non-hydrogen) atoms. The second kappa shape index (κ2) is 6.37. The monoisotopic (exact) mass is 295 g/mol. The van der Waals surface area contributed by atoms with Gasteiger partial charge < -0.3 is 4.57 Å². The van der Waals surface area contributed by atoms with E-state index in [2.05, 4.69) is 27.4 Å². The minimum atomic E-state index is -3.12. The van der Waals surface area contributed by atoms with Gasteiger partial charge in [0.1, 0.15) is 5.65 Å². The Kier molecular flexibility index (Phi) is 4.77. The molecule has 0 aromatic carbocycles. The van der Waals surface area contributed by atoms with E-state index in [0.29, 0.717) is 13.0 Å². The lowest BCUT2D eigenvalue weighted by Gasteiger charge is -2.03. The summed E-state index contributed by atoms with van der Waals surface area (Å²) in [5.74, 6) is 0.117. The SMILES string of the molecule is CCCn1cc(CCNS(=O)(=O)CC)c2cccnc21. The van der Waals surface area contributed by atoms with Crippen molar-refractivity contribution in [3.05, 3.63) is 30.1 Å². The molecule has 0 fully saturated rings. The molecule has 110 valence electrons. The summed E-state index contributed by atoms with van der Waals surface area (Å²) in [5, 5.41) is 1.11. The number of aromatic nitrogens is 2. The maximum absolute atomic E-state index is 11.4. The van der Waals surface area contributed by atoms with Gasteiger partial charge in [0.15, 0.2) is 0 Å². The average Bonchev–Trinajstić information content (AvgIpc) is 2.78. The van der Waals surface area contributed by atoms with Crippen LogP contribution in [0.15, 0.2) is 24.5 Å². The van der Waals surface area contributed by atoms with Gasteiger partial charge in [-0.3, -0.25) is 0 Å². The van der Waals surface area contributed by atoms with Gasteiger partial charge in [0.2, 0.25) is 10.0 Å². The van der Waals surface area contributed by atoms with Crippen LogP contribution in [0.25, 0.3) is 11.0 Å². The molecular formula is C14H21N3O2S. The molecule has 0 saturated heterocycles. The largest absolute Gasteiger partial charge is 0.332 e. The van der Waals surface area contributed by atoms with Crippen molar-refractivity contribution in [2.24, 2.45) is 0 Å². The molecule has 0 aliphatic carbocycles. The molecule has 0 bridgehead atoms. The number of nitrogens with zero attached hydrogens (tertiary/aromatic N) is 2. The first kappa shape index (κ1) is 15.0. The third kappa shape index (κ3) is 3.37. The minimum Gasteiger partial charge on any atom is -0.332 e. The number of hydrogen-bond acceptors (Lipinski definition) is 3. The number of fused-ring (bicyclic) bond motifs is 1. The lowest BCUT2D eigenvalue weighted by Crippen LogP contribution is -2.27. The molecule has 5 nitrogen and oxygen atoms in total. The predicted molar refractivity (Wildman–Crippen MR) is 81.2 cm³/mol. The molecule has 0 atom stereocenters. The molecule has 0 aliphatic rings. The van der Waals surface area contributed by atoms with E-state index in [1.54, 1.807) is 13.1 Å². The Bertz CT molecular complexity index is 677. The standard InChI is InChI=1S/C14H21N3O2S/c1-3-10-17-11-12(7-9-16-20(18,19)4-2)13-6-5-8-15-14(13)17/h5-6,8,11,16H,3-4,7,9-10H2,1-2H3. The molecule has 2 aromatic rings. The van der Waals surface area contributed by atoms with Crippen LogP contribution < -0.4 is 4.72 Å². The first-order valence-corrected chi connectivity index (χ1v) is 8.62. The van der Waals surface area contributed by atoms with Gasteiger partial charge in [-0.05, 0) is 37.5 Å². The zero-order chi connectivity index (χ0) is 14.6. The average molecular weight is 295 g/mol. The van der Waals surface area contributed by atoms with Crippen molar-refractivity contribution in [2.75, 3.05) is 12.3 Å². The van der Waals surface area contributed by atoms with Gasteiger partial charge in [-0.25, -0.2) is 18.1 Å².